The molecule has 0 bridgehead atoms. The van der Waals surface area contributed by atoms with Gasteiger partial charge < -0.3 is 4.90 Å². The highest BCUT2D eigenvalue weighted by Gasteiger charge is 2.27. The van der Waals surface area contributed by atoms with Crippen LogP contribution in [0.5, 0.6) is 0 Å². The number of aromatic nitrogens is 1. The summed E-state index contributed by atoms with van der Waals surface area (Å²) in [4.78, 5) is 18.4. The molecule has 3 nitrogen and oxygen atoms in total. The third-order valence-electron chi connectivity index (χ3n) is 3.10. The Morgan fingerprint density at radius 1 is 1.59 bits per heavy atom. The normalized spacial score (nSPS) is 24.8. The van der Waals surface area contributed by atoms with Gasteiger partial charge in [0.15, 0.2) is 0 Å². The Labute approximate surface area is 114 Å². The van der Waals surface area contributed by atoms with E-state index in [1.165, 1.54) is 6.20 Å². The van der Waals surface area contributed by atoms with Gasteiger partial charge in [0, 0.05) is 24.1 Å². The smallest absolute Gasteiger partial charge is 0.272 e. The number of amides is 1. The highest BCUT2D eigenvalue weighted by molar-refractivity contribution is 9.09. The number of hydrogen-bond donors (Lipinski definition) is 0. The maximum absolute atomic E-state index is 12.2. The maximum Gasteiger partial charge on any atom is 0.272 e. The zero-order valence-corrected chi connectivity index (χ0v) is 11.9. The van der Waals surface area contributed by atoms with Crippen molar-refractivity contribution in [3.05, 3.63) is 29.0 Å². The number of halogens is 2. The van der Waals surface area contributed by atoms with Crippen molar-refractivity contribution in [2.24, 2.45) is 5.92 Å². The Morgan fingerprint density at radius 2 is 2.35 bits per heavy atom. The first-order valence-electron chi connectivity index (χ1n) is 5.63. The fourth-order valence-electron chi connectivity index (χ4n) is 1.87. The van der Waals surface area contributed by atoms with Crippen molar-refractivity contribution in [2.75, 3.05) is 13.1 Å². The van der Waals surface area contributed by atoms with Gasteiger partial charge in [-0.3, -0.25) is 4.79 Å². The van der Waals surface area contributed by atoms with E-state index in [4.69, 9.17) is 11.6 Å². The molecule has 17 heavy (non-hydrogen) atoms. The predicted molar refractivity (Wildman–Crippen MR) is 71.6 cm³/mol. The number of alkyl halides is 1. The van der Waals surface area contributed by atoms with E-state index < -0.39 is 0 Å². The molecule has 1 aliphatic heterocycles. The van der Waals surface area contributed by atoms with E-state index in [-0.39, 0.29) is 5.91 Å². The van der Waals surface area contributed by atoms with Gasteiger partial charge in [0.2, 0.25) is 0 Å². The predicted octanol–water partition coefficient (Wildman–Crippen LogP) is 2.98. The molecule has 0 aromatic carbocycles. The van der Waals surface area contributed by atoms with Crippen molar-refractivity contribution >= 4 is 33.4 Å². The van der Waals surface area contributed by atoms with Crippen LogP contribution >= 0.6 is 27.5 Å². The minimum absolute atomic E-state index is 0.0157. The summed E-state index contributed by atoms with van der Waals surface area (Å²) in [5.74, 6) is 0.593. The first kappa shape index (κ1) is 12.8. The lowest BCUT2D eigenvalue weighted by Crippen LogP contribution is -2.43. The summed E-state index contributed by atoms with van der Waals surface area (Å²) in [7, 11) is 0. The van der Waals surface area contributed by atoms with Crippen molar-refractivity contribution < 1.29 is 4.79 Å². The first-order valence-corrected chi connectivity index (χ1v) is 6.92. The van der Waals surface area contributed by atoms with E-state index in [0.29, 0.717) is 21.5 Å². The molecule has 1 aromatic rings. The molecule has 1 fully saturated rings. The minimum atomic E-state index is -0.0157. The number of nitrogens with zero attached hydrogens (tertiary/aromatic N) is 2. The zero-order valence-electron chi connectivity index (χ0n) is 9.57. The lowest BCUT2D eigenvalue weighted by atomic mass is 9.99. The average Bonchev–Trinajstić information content (AvgIpc) is 2.33. The van der Waals surface area contributed by atoms with Gasteiger partial charge in [0.1, 0.15) is 5.69 Å². The summed E-state index contributed by atoms with van der Waals surface area (Å²) >= 11 is 9.36. The number of piperidine rings is 1. The fourth-order valence-corrected chi connectivity index (χ4v) is 2.60. The Kier molecular flexibility index (Phi) is 4.05. The molecule has 1 aromatic heterocycles. The lowest BCUT2D eigenvalue weighted by molar-refractivity contribution is 0.0700. The van der Waals surface area contributed by atoms with Gasteiger partial charge in [-0.2, -0.15) is 0 Å². The molecule has 1 saturated heterocycles. The van der Waals surface area contributed by atoms with Gasteiger partial charge in [0.05, 0.1) is 5.02 Å². The molecule has 5 heteroatoms. The highest BCUT2D eigenvalue weighted by atomic mass is 79.9. The van der Waals surface area contributed by atoms with Crippen molar-refractivity contribution in [3.63, 3.8) is 0 Å². The summed E-state index contributed by atoms with van der Waals surface area (Å²) in [5.41, 5.74) is 0.462. The molecule has 2 unspecified atom stereocenters. The molecule has 2 rings (SSSR count). The fraction of sp³-hybridized carbons (Fsp3) is 0.500. The number of hydrogen-bond acceptors (Lipinski definition) is 2. The lowest BCUT2D eigenvalue weighted by Gasteiger charge is -2.34. The molecule has 0 spiro atoms. The SMILES string of the molecule is CC1CCN(C(=O)c2ccc(Cl)cn2)CC1Br. The van der Waals surface area contributed by atoms with Crippen molar-refractivity contribution in [1.29, 1.82) is 0 Å². The molecular weight excluding hydrogens is 304 g/mol. The number of rotatable bonds is 1. The van der Waals surface area contributed by atoms with Gasteiger partial charge in [-0.15, -0.1) is 0 Å². The molecule has 1 aliphatic rings. The van der Waals surface area contributed by atoms with Crippen molar-refractivity contribution in [3.8, 4) is 0 Å². The van der Waals surface area contributed by atoms with Crippen LogP contribution in [-0.4, -0.2) is 33.7 Å². The topological polar surface area (TPSA) is 33.2 Å². The van der Waals surface area contributed by atoms with Crippen LogP contribution in [0.2, 0.25) is 5.02 Å². The molecular formula is C12H14BrClN2O. The number of carbonyl (C=O) groups excluding carboxylic acids is 1. The maximum atomic E-state index is 12.2. The molecule has 0 radical (unpaired) electrons. The van der Waals surface area contributed by atoms with Crippen LogP contribution in [0.1, 0.15) is 23.8 Å². The third-order valence-corrected chi connectivity index (χ3v) is 4.52. The van der Waals surface area contributed by atoms with E-state index in [0.717, 1.165) is 19.5 Å². The first-order chi connectivity index (χ1) is 8.08. The van der Waals surface area contributed by atoms with Gasteiger partial charge in [-0.25, -0.2) is 4.98 Å². The third kappa shape index (κ3) is 2.99. The summed E-state index contributed by atoms with van der Waals surface area (Å²) in [6.07, 6.45) is 2.53. The van der Waals surface area contributed by atoms with Gasteiger partial charge in [-0.1, -0.05) is 34.5 Å². The Bertz CT molecular complexity index is 409. The van der Waals surface area contributed by atoms with Crippen LogP contribution < -0.4 is 0 Å². The van der Waals surface area contributed by atoms with E-state index in [1.54, 1.807) is 12.1 Å². The quantitative estimate of drug-likeness (QED) is 0.746. The molecule has 0 aliphatic carbocycles. The molecule has 2 heterocycles. The number of carbonyl (C=O) groups is 1. The highest BCUT2D eigenvalue weighted by Crippen LogP contribution is 2.24. The average molecular weight is 318 g/mol. The van der Waals surface area contributed by atoms with E-state index in [1.807, 2.05) is 4.90 Å². The Hall–Kier alpha value is -0.610. The summed E-state index contributed by atoms with van der Waals surface area (Å²) in [6.45, 7) is 3.73. The summed E-state index contributed by atoms with van der Waals surface area (Å²) in [5, 5.41) is 0.548. The van der Waals surface area contributed by atoms with Crippen LogP contribution in [0, 0.1) is 5.92 Å². The molecule has 0 N–H and O–H groups in total. The zero-order chi connectivity index (χ0) is 12.4. The molecule has 2 atom stereocenters. The van der Waals surface area contributed by atoms with Gasteiger partial charge in [0.25, 0.3) is 5.91 Å². The van der Waals surface area contributed by atoms with Crippen molar-refractivity contribution in [1.82, 2.24) is 9.88 Å². The molecule has 0 saturated carbocycles. The molecule has 1 amide bonds. The molecule has 92 valence electrons. The van der Waals surface area contributed by atoms with E-state index in [9.17, 15) is 4.79 Å². The largest absolute Gasteiger partial charge is 0.336 e. The van der Waals surface area contributed by atoms with Crippen LogP contribution in [0.15, 0.2) is 18.3 Å². The number of likely N-dealkylation sites (tertiary alicyclic amines) is 1. The van der Waals surface area contributed by atoms with E-state index >= 15 is 0 Å². The van der Waals surface area contributed by atoms with E-state index in [2.05, 4.69) is 27.8 Å². The van der Waals surface area contributed by atoms with Gasteiger partial charge in [-0.05, 0) is 24.5 Å². The second kappa shape index (κ2) is 5.36. The van der Waals surface area contributed by atoms with Crippen LogP contribution in [0.25, 0.3) is 0 Å². The second-order valence-electron chi connectivity index (χ2n) is 4.39. The van der Waals surface area contributed by atoms with Crippen LogP contribution in [0.4, 0.5) is 0 Å². The standard InChI is InChI=1S/C12H14BrClN2O/c1-8-4-5-16(7-10(8)13)12(17)11-3-2-9(14)6-15-11/h2-3,6,8,10H,4-5,7H2,1H3. The van der Waals surface area contributed by atoms with Crippen LogP contribution in [-0.2, 0) is 0 Å². The monoisotopic (exact) mass is 316 g/mol. The second-order valence-corrected chi connectivity index (χ2v) is 6.01. The Morgan fingerprint density at radius 3 is 2.94 bits per heavy atom. The Balaban J connectivity index is 2.08. The van der Waals surface area contributed by atoms with Crippen molar-refractivity contribution in [2.45, 2.75) is 18.2 Å². The summed E-state index contributed by atoms with van der Waals surface area (Å²) in [6, 6.07) is 3.37. The van der Waals surface area contributed by atoms with Crippen LogP contribution in [0.3, 0.4) is 0 Å². The number of pyridine rings is 1. The van der Waals surface area contributed by atoms with Gasteiger partial charge >= 0.3 is 0 Å². The minimum Gasteiger partial charge on any atom is -0.336 e. The summed E-state index contributed by atoms with van der Waals surface area (Å²) < 4.78 is 0.